The van der Waals surface area contributed by atoms with Crippen molar-refractivity contribution in [2.24, 2.45) is 56.7 Å². The third-order valence-electron chi connectivity index (χ3n) is 17.8. The molecule has 0 spiro atoms. The number of aliphatic hydroxyl groups excluding tert-OH is 7. The van der Waals surface area contributed by atoms with Crippen molar-refractivity contribution < 1.29 is 74.5 Å². The predicted molar refractivity (Wildman–Crippen MR) is 200 cm³/mol. The lowest BCUT2D eigenvalue weighted by Gasteiger charge is -2.73. The summed E-state index contributed by atoms with van der Waals surface area (Å²) >= 11 is 0. The van der Waals surface area contributed by atoms with E-state index in [4.69, 9.17) is 18.9 Å². The molecule has 7 aliphatic rings. The van der Waals surface area contributed by atoms with E-state index in [2.05, 4.69) is 34.3 Å². The lowest BCUT2D eigenvalue weighted by Crippen LogP contribution is -2.69. The number of allylic oxidation sites excluding steroid dienone is 1. The summed E-state index contributed by atoms with van der Waals surface area (Å²) in [6.07, 6.45) is -10.7. The van der Waals surface area contributed by atoms with Crippen molar-refractivity contribution in [1.29, 1.82) is 0 Å². The quantitative estimate of drug-likeness (QED) is 0.119. The molecule has 5 saturated carbocycles. The molecule has 0 radical (unpaired) electrons. The Labute approximate surface area is 334 Å². The molecule has 0 bridgehead atoms. The van der Waals surface area contributed by atoms with E-state index in [-0.39, 0.29) is 52.4 Å². The largest absolute Gasteiger partial charge is 0.481 e. The van der Waals surface area contributed by atoms with Gasteiger partial charge in [0.05, 0.1) is 24.7 Å². The van der Waals surface area contributed by atoms with E-state index in [0.717, 1.165) is 44.1 Å². The van der Waals surface area contributed by atoms with Crippen LogP contribution in [-0.2, 0) is 28.5 Å². The molecule has 5 aliphatic carbocycles. The number of carboxylic acid groups (broad SMARTS) is 2. The summed E-state index contributed by atoms with van der Waals surface area (Å²) in [5.41, 5.74) is -0.931. The number of hydrogen-bond donors (Lipinski definition) is 9. The zero-order valence-corrected chi connectivity index (χ0v) is 33.9. The normalized spacial score (nSPS) is 54.8. The van der Waals surface area contributed by atoms with Gasteiger partial charge in [0.15, 0.2) is 18.7 Å². The van der Waals surface area contributed by atoms with E-state index >= 15 is 0 Å². The molecule has 0 aromatic carbocycles. The summed E-state index contributed by atoms with van der Waals surface area (Å²) in [6, 6.07) is 0. The first-order valence-electron chi connectivity index (χ1n) is 21.0. The van der Waals surface area contributed by atoms with Crippen molar-refractivity contribution >= 4 is 11.9 Å². The Morgan fingerprint density at radius 1 is 0.719 bits per heavy atom. The van der Waals surface area contributed by atoms with Gasteiger partial charge in [0, 0.05) is 5.41 Å². The second-order valence-corrected chi connectivity index (χ2v) is 20.0. The average Bonchev–Trinajstić information content (AvgIpc) is 3.57. The van der Waals surface area contributed by atoms with Gasteiger partial charge >= 0.3 is 11.9 Å². The average molecular weight is 811 g/mol. The molecule has 0 aromatic heterocycles. The molecule has 21 atom stereocenters. The van der Waals surface area contributed by atoms with Crippen LogP contribution in [0.2, 0.25) is 0 Å². The van der Waals surface area contributed by atoms with Gasteiger partial charge in [-0.25, -0.2) is 4.79 Å². The lowest BCUT2D eigenvalue weighted by atomic mass is 9.32. The van der Waals surface area contributed by atoms with E-state index in [9.17, 15) is 55.5 Å². The van der Waals surface area contributed by atoms with E-state index in [1.807, 2.05) is 6.92 Å². The Bertz CT molecular complexity index is 1560. The highest BCUT2D eigenvalue weighted by molar-refractivity contribution is 5.76. The van der Waals surface area contributed by atoms with Gasteiger partial charge in [-0.05, 0) is 117 Å². The molecule has 15 heteroatoms. The molecule has 9 N–H and O–H groups in total. The third-order valence-corrected chi connectivity index (χ3v) is 17.8. The first-order chi connectivity index (χ1) is 26.7. The number of carbonyl (C=O) groups is 2. The van der Waals surface area contributed by atoms with E-state index in [1.54, 1.807) is 0 Å². The number of hydrogen-bond acceptors (Lipinski definition) is 13. The highest BCUT2D eigenvalue weighted by Crippen LogP contribution is 2.77. The van der Waals surface area contributed by atoms with Gasteiger partial charge in [0.1, 0.15) is 42.7 Å². The minimum absolute atomic E-state index is 0.0360. The fraction of sp³-hybridized carbons (Fsp3) is 0.905. The molecule has 3 unspecified atom stereocenters. The highest BCUT2D eigenvalue weighted by atomic mass is 16.7. The van der Waals surface area contributed by atoms with Crippen molar-refractivity contribution in [1.82, 2.24) is 0 Å². The summed E-state index contributed by atoms with van der Waals surface area (Å²) in [4.78, 5) is 25.4. The molecule has 7 fully saturated rings. The van der Waals surface area contributed by atoms with Gasteiger partial charge in [-0.3, -0.25) is 4.79 Å². The Kier molecular flexibility index (Phi) is 11.4. The van der Waals surface area contributed by atoms with Crippen LogP contribution in [0, 0.1) is 56.7 Å². The second-order valence-electron chi connectivity index (χ2n) is 20.0. The minimum atomic E-state index is -1.98. The van der Waals surface area contributed by atoms with E-state index in [0.29, 0.717) is 25.7 Å². The number of ether oxygens (including phenoxy) is 4. The molecule has 57 heavy (non-hydrogen) atoms. The first-order valence-corrected chi connectivity index (χ1v) is 21.0. The first kappa shape index (κ1) is 43.3. The molecule has 2 aliphatic heterocycles. The monoisotopic (exact) mass is 810 g/mol. The van der Waals surface area contributed by atoms with Crippen LogP contribution >= 0.6 is 0 Å². The Hall–Kier alpha value is -1.76. The molecule has 324 valence electrons. The number of fused-ring (bicyclic) bond motifs is 7. The van der Waals surface area contributed by atoms with Crippen LogP contribution in [0.25, 0.3) is 0 Å². The van der Waals surface area contributed by atoms with Gasteiger partial charge in [0.2, 0.25) is 0 Å². The third kappa shape index (κ3) is 6.22. The molecule has 0 aromatic rings. The Morgan fingerprint density at radius 3 is 2.02 bits per heavy atom. The van der Waals surface area contributed by atoms with Crippen LogP contribution in [0.15, 0.2) is 12.2 Å². The maximum absolute atomic E-state index is 13.1. The van der Waals surface area contributed by atoms with Crippen molar-refractivity contribution in [3.05, 3.63) is 12.2 Å². The van der Waals surface area contributed by atoms with Gasteiger partial charge < -0.3 is 64.9 Å². The molecule has 0 amide bonds. The molecular weight excluding hydrogens is 744 g/mol. The fourth-order valence-electron chi connectivity index (χ4n) is 14.6. The maximum Gasteiger partial charge on any atom is 0.335 e. The van der Waals surface area contributed by atoms with E-state index in [1.165, 1.54) is 0 Å². The molecular formula is C42H66O15. The van der Waals surface area contributed by atoms with Crippen LogP contribution in [0.1, 0.15) is 98.8 Å². The summed E-state index contributed by atoms with van der Waals surface area (Å²) in [5.74, 6) is -1.52. The van der Waals surface area contributed by atoms with Crippen LogP contribution in [0.3, 0.4) is 0 Å². The van der Waals surface area contributed by atoms with Gasteiger partial charge in [-0.15, -0.1) is 0 Å². The van der Waals surface area contributed by atoms with Crippen molar-refractivity contribution in [3.8, 4) is 0 Å². The van der Waals surface area contributed by atoms with Crippen molar-refractivity contribution in [2.75, 3.05) is 13.2 Å². The van der Waals surface area contributed by atoms with Crippen molar-refractivity contribution in [3.63, 3.8) is 0 Å². The molecule has 2 saturated heterocycles. The summed E-state index contributed by atoms with van der Waals surface area (Å²) < 4.78 is 23.3. The SMILES string of the molecule is C=C(C)C1CC[C@]2(C(=O)O)CC[C@]3(C)[C@H](CC[C@@H]4[C@@]5(C)CC[C@H](O[C@@H]6O[C@H](C(=O)O)[C@@H](O)[C@H](O[C@@H]7O[C@H](CO)[C@@H](O)[C@H](O)[C@H]7O)[C@H]6O)[C@@](C)(CO)C5CC[C@]43C)C12. The van der Waals surface area contributed by atoms with Crippen LogP contribution in [-0.4, -0.2) is 139 Å². The molecule has 7 rings (SSSR count). The zero-order chi connectivity index (χ0) is 41.8. The van der Waals surface area contributed by atoms with E-state index < -0.39 is 96.9 Å². The maximum atomic E-state index is 13.1. The topological polar surface area (TPSA) is 253 Å². The van der Waals surface area contributed by atoms with Crippen molar-refractivity contribution in [2.45, 2.75) is 166 Å². The molecule has 15 nitrogen and oxygen atoms in total. The van der Waals surface area contributed by atoms with Crippen LogP contribution < -0.4 is 0 Å². The van der Waals surface area contributed by atoms with Gasteiger partial charge in [-0.2, -0.15) is 0 Å². The van der Waals surface area contributed by atoms with Gasteiger partial charge in [0.25, 0.3) is 0 Å². The smallest absolute Gasteiger partial charge is 0.335 e. The summed E-state index contributed by atoms with van der Waals surface area (Å²) in [6.45, 7) is 14.5. The Morgan fingerprint density at radius 2 is 1.40 bits per heavy atom. The highest BCUT2D eigenvalue weighted by Gasteiger charge is 2.72. The summed E-state index contributed by atoms with van der Waals surface area (Å²) in [7, 11) is 0. The molecule has 2 heterocycles. The van der Waals surface area contributed by atoms with Crippen LogP contribution in [0.4, 0.5) is 0 Å². The van der Waals surface area contributed by atoms with Gasteiger partial charge in [-0.1, -0.05) is 39.8 Å². The lowest BCUT2D eigenvalue weighted by molar-refractivity contribution is -0.367. The minimum Gasteiger partial charge on any atom is -0.481 e. The Balaban J connectivity index is 1.13. The fourth-order valence-corrected chi connectivity index (χ4v) is 14.6. The second kappa shape index (κ2) is 15.0. The number of rotatable bonds is 9. The predicted octanol–water partition coefficient (Wildman–Crippen LogP) is 1.80. The number of aliphatic carboxylic acids is 2. The standard InChI is InChI=1S/C42H66O15/c1-19(2)20-9-14-42(37(52)53)16-15-40(5)21(26(20)42)7-8-24-38(3)12-11-25(39(4,18-44)23(38)10-13-41(24,40)6)55-36-31(49)32(30(48)33(57-36)34(50)51)56-35-29(47)28(46)27(45)22(17-43)54-35/h20-33,35-36,43-49H,1,7-18H2,2-6H3,(H,50,51)(H,52,53)/t20?,21-,22-,23?,24-,25+,26?,27-,28+,29-,30+,31-,32+,33+,35+,36-,38+,39+,40-,41-,42+/m1/s1. The number of aliphatic hydroxyl groups is 7. The zero-order valence-electron chi connectivity index (χ0n) is 33.9. The number of carboxylic acids is 2. The van der Waals surface area contributed by atoms with Crippen LogP contribution in [0.5, 0.6) is 0 Å². The summed E-state index contributed by atoms with van der Waals surface area (Å²) in [5, 5.41) is 95.4.